The number of nitrogens with two attached hydrogens (primary N) is 1. The molecule has 0 amide bonds. The molecule has 0 fully saturated rings. The SMILES string of the molecule is CCC(N)CN[C@@H](C)c1ccc(C)cc1. The summed E-state index contributed by atoms with van der Waals surface area (Å²) in [5.74, 6) is 0. The van der Waals surface area contributed by atoms with Crippen molar-refractivity contribution in [2.24, 2.45) is 5.73 Å². The van der Waals surface area contributed by atoms with Gasteiger partial charge >= 0.3 is 0 Å². The van der Waals surface area contributed by atoms with Gasteiger partial charge in [-0.2, -0.15) is 0 Å². The number of benzene rings is 1. The molecule has 1 unspecified atom stereocenters. The van der Waals surface area contributed by atoms with E-state index in [9.17, 15) is 0 Å². The summed E-state index contributed by atoms with van der Waals surface area (Å²) in [5.41, 5.74) is 8.49. The Labute approximate surface area is 92.9 Å². The van der Waals surface area contributed by atoms with Gasteiger partial charge in [0.05, 0.1) is 0 Å². The first-order chi connectivity index (χ1) is 7.13. The third kappa shape index (κ3) is 4.02. The van der Waals surface area contributed by atoms with Gasteiger partial charge in [-0.25, -0.2) is 0 Å². The summed E-state index contributed by atoms with van der Waals surface area (Å²) in [4.78, 5) is 0. The number of nitrogens with one attached hydrogen (secondary N) is 1. The summed E-state index contributed by atoms with van der Waals surface area (Å²) in [7, 11) is 0. The zero-order chi connectivity index (χ0) is 11.3. The highest BCUT2D eigenvalue weighted by Crippen LogP contribution is 2.12. The van der Waals surface area contributed by atoms with Gasteiger partial charge in [0.2, 0.25) is 0 Å². The average Bonchev–Trinajstić information content (AvgIpc) is 2.26. The van der Waals surface area contributed by atoms with Crippen LogP contribution in [-0.2, 0) is 0 Å². The molecule has 2 heteroatoms. The minimum absolute atomic E-state index is 0.262. The van der Waals surface area contributed by atoms with Crippen LogP contribution in [0.25, 0.3) is 0 Å². The minimum Gasteiger partial charge on any atom is -0.327 e. The van der Waals surface area contributed by atoms with E-state index in [0.29, 0.717) is 6.04 Å². The molecule has 0 radical (unpaired) electrons. The summed E-state index contributed by atoms with van der Waals surface area (Å²) in [5, 5.41) is 3.44. The predicted molar refractivity (Wildman–Crippen MR) is 65.9 cm³/mol. The molecular weight excluding hydrogens is 184 g/mol. The molecule has 3 N–H and O–H groups in total. The zero-order valence-electron chi connectivity index (χ0n) is 9.96. The Hall–Kier alpha value is -0.860. The highest BCUT2D eigenvalue weighted by atomic mass is 14.9. The highest BCUT2D eigenvalue weighted by Gasteiger charge is 2.05. The van der Waals surface area contributed by atoms with Crippen LogP contribution in [0.3, 0.4) is 0 Å². The van der Waals surface area contributed by atoms with Crippen molar-refractivity contribution in [2.75, 3.05) is 6.54 Å². The first-order valence-corrected chi connectivity index (χ1v) is 5.69. The Morgan fingerprint density at radius 1 is 1.27 bits per heavy atom. The van der Waals surface area contributed by atoms with Crippen molar-refractivity contribution < 1.29 is 0 Å². The molecule has 1 aromatic carbocycles. The molecule has 1 aromatic rings. The summed E-state index contributed by atoms with van der Waals surface area (Å²) in [6, 6.07) is 9.27. The van der Waals surface area contributed by atoms with Crippen LogP contribution in [0.4, 0.5) is 0 Å². The van der Waals surface area contributed by atoms with Crippen molar-refractivity contribution in [1.29, 1.82) is 0 Å². The maximum Gasteiger partial charge on any atom is 0.0292 e. The Balaban J connectivity index is 2.46. The lowest BCUT2D eigenvalue weighted by molar-refractivity contribution is 0.508. The smallest absolute Gasteiger partial charge is 0.0292 e. The van der Waals surface area contributed by atoms with E-state index in [0.717, 1.165) is 13.0 Å². The van der Waals surface area contributed by atoms with E-state index in [1.807, 2.05) is 0 Å². The number of hydrogen-bond donors (Lipinski definition) is 2. The summed E-state index contributed by atoms with van der Waals surface area (Å²) in [6.45, 7) is 7.27. The molecule has 0 saturated heterocycles. The average molecular weight is 206 g/mol. The second-order valence-electron chi connectivity index (χ2n) is 4.21. The molecule has 0 spiro atoms. The highest BCUT2D eigenvalue weighted by molar-refractivity contribution is 5.23. The summed E-state index contributed by atoms with van der Waals surface area (Å²) in [6.07, 6.45) is 1.02. The Morgan fingerprint density at radius 3 is 2.40 bits per heavy atom. The standard InChI is InChI=1S/C13H22N2/c1-4-13(14)9-15-11(3)12-7-5-10(2)6-8-12/h5-8,11,13,15H,4,9,14H2,1-3H3/t11-,13?/m0/s1. The Kier molecular flexibility index (Phi) is 4.79. The lowest BCUT2D eigenvalue weighted by atomic mass is 10.1. The lowest BCUT2D eigenvalue weighted by Crippen LogP contribution is -2.34. The molecule has 84 valence electrons. The van der Waals surface area contributed by atoms with Gasteiger partial charge in [0.1, 0.15) is 0 Å². The Bertz CT molecular complexity index is 279. The number of hydrogen-bond acceptors (Lipinski definition) is 2. The van der Waals surface area contributed by atoms with E-state index in [1.165, 1.54) is 11.1 Å². The second-order valence-corrected chi connectivity index (χ2v) is 4.21. The molecule has 0 heterocycles. The van der Waals surface area contributed by atoms with Crippen LogP contribution in [0.2, 0.25) is 0 Å². The Morgan fingerprint density at radius 2 is 1.87 bits per heavy atom. The van der Waals surface area contributed by atoms with Crippen LogP contribution < -0.4 is 11.1 Å². The van der Waals surface area contributed by atoms with Crippen molar-refractivity contribution in [3.63, 3.8) is 0 Å². The largest absolute Gasteiger partial charge is 0.327 e. The molecule has 0 saturated carbocycles. The molecule has 1 rings (SSSR count). The van der Waals surface area contributed by atoms with Gasteiger partial charge in [0.25, 0.3) is 0 Å². The van der Waals surface area contributed by atoms with Crippen LogP contribution in [-0.4, -0.2) is 12.6 Å². The molecule has 0 aliphatic carbocycles. The van der Waals surface area contributed by atoms with Gasteiger partial charge in [-0.15, -0.1) is 0 Å². The third-order valence-corrected chi connectivity index (χ3v) is 2.79. The maximum atomic E-state index is 5.86. The number of rotatable bonds is 5. The monoisotopic (exact) mass is 206 g/mol. The van der Waals surface area contributed by atoms with Crippen molar-refractivity contribution in [1.82, 2.24) is 5.32 Å². The first kappa shape index (κ1) is 12.2. The van der Waals surface area contributed by atoms with Gasteiger partial charge in [0, 0.05) is 18.6 Å². The van der Waals surface area contributed by atoms with Crippen molar-refractivity contribution in [2.45, 2.75) is 39.3 Å². The van der Waals surface area contributed by atoms with E-state index < -0.39 is 0 Å². The fourth-order valence-corrected chi connectivity index (χ4v) is 1.45. The van der Waals surface area contributed by atoms with E-state index in [-0.39, 0.29) is 6.04 Å². The molecule has 0 aromatic heterocycles. The van der Waals surface area contributed by atoms with Crippen LogP contribution >= 0.6 is 0 Å². The van der Waals surface area contributed by atoms with Gasteiger partial charge < -0.3 is 11.1 Å². The van der Waals surface area contributed by atoms with E-state index in [2.05, 4.69) is 50.4 Å². The van der Waals surface area contributed by atoms with Gasteiger partial charge in [-0.05, 0) is 25.8 Å². The molecule has 0 aliphatic rings. The maximum absolute atomic E-state index is 5.86. The van der Waals surface area contributed by atoms with Gasteiger partial charge in [-0.1, -0.05) is 36.8 Å². The predicted octanol–water partition coefficient (Wildman–Crippen LogP) is 2.38. The molecule has 0 aliphatic heterocycles. The zero-order valence-corrected chi connectivity index (χ0v) is 9.96. The molecule has 2 nitrogen and oxygen atoms in total. The summed E-state index contributed by atoms with van der Waals surface area (Å²) >= 11 is 0. The van der Waals surface area contributed by atoms with E-state index >= 15 is 0 Å². The van der Waals surface area contributed by atoms with Crippen LogP contribution in [0.5, 0.6) is 0 Å². The van der Waals surface area contributed by atoms with Crippen LogP contribution in [0.1, 0.15) is 37.4 Å². The van der Waals surface area contributed by atoms with Crippen LogP contribution in [0.15, 0.2) is 24.3 Å². The van der Waals surface area contributed by atoms with Crippen molar-refractivity contribution in [3.05, 3.63) is 35.4 Å². The summed E-state index contributed by atoms with van der Waals surface area (Å²) < 4.78 is 0. The quantitative estimate of drug-likeness (QED) is 0.776. The fourth-order valence-electron chi connectivity index (χ4n) is 1.45. The van der Waals surface area contributed by atoms with E-state index in [1.54, 1.807) is 0 Å². The lowest BCUT2D eigenvalue weighted by Gasteiger charge is -2.17. The minimum atomic E-state index is 0.262. The molecule has 2 atom stereocenters. The van der Waals surface area contributed by atoms with Crippen molar-refractivity contribution >= 4 is 0 Å². The van der Waals surface area contributed by atoms with Gasteiger partial charge in [-0.3, -0.25) is 0 Å². The first-order valence-electron chi connectivity index (χ1n) is 5.69. The van der Waals surface area contributed by atoms with Crippen LogP contribution in [0, 0.1) is 6.92 Å². The van der Waals surface area contributed by atoms with Crippen molar-refractivity contribution in [3.8, 4) is 0 Å². The molecular formula is C13H22N2. The second kappa shape index (κ2) is 5.89. The third-order valence-electron chi connectivity index (χ3n) is 2.79. The number of aryl methyl sites for hydroxylation is 1. The van der Waals surface area contributed by atoms with E-state index in [4.69, 9.17) is 5.73 Å². The fraction of sp³-hybridized carbons (Fsp3) is 0.538. The molecule has 0 bridgehead atoms. The van der Waals surface area contributed by atoms with Gasteiger partial charge in [0.15, 0.2) is 0 Å². The normalized spacial score (nSPS) is 14.9. The molecule has 15 heavy (non-hydrogen) atoms. The topological polar surface area (TPSA) is 38.0 Å².